The van der Waals surface area contributed by atoms with Gasteiger partial charge in [0, 0.05) is 37.9 Å². The molecule has 1 saturated heterocycles. The predicted octanol–water partition coefficient (Wildman–Crippen LogP) is 4.33. The maximum absolute atomic E-state index is 6.65. The molecule has 4 heterocycles. The number of aryl methyl sites for hydroxylation is 1. The molecule has 1 fully saturated rings. The molecule has 0 N–H and O–H groups in total. The number of likely N-dealkylation sites (tertiary alicyclic amines) is 1. The zero-order chi connectivity index (χ0) is 18.4. The van der Waals surface area contributed by atoms with Gasteiger partial charge in [-0.3, -0.25) is 0 Å². The van der Waals surface area contributed by atoms with E-state index in [2.05, 4.69) is 41.1 Å². The molecule has 0 radical (unpaired) electrons. The Morgan fingerprint density at radius 3 is 2.70 bits per heavy atom. The molecule has 5 nitrogen and oxygen atoms in total. The third-order valence-electron chi connectivity index (χ3n) is 6.11. The van der Waals surface area contributed by atoms with E-state index < -0.39 is 0 Å². The molecule has 1 spiro atoms. The summed E-state index contributed by atoms with van der Waals surface area (Å²) in [5.41, 5.74) is 1.93. The van der Waals surface area contributed by atoms with Crippen molar-refractivity contribution in [2.24, 2.45) is 5.10 Å². The summed E-state index contributed by atoms with van der Waals surface area (Å²) in [6.07, 6.45) is 4.02. The molecule has 0 saturated carbocycles. The molecule has 3 aliphatic heterocycles. The van der Waals surface area contributed by atoms with Gasteiger partial charge in [-0.25, -0.2) is 5.01 Å². The van der Waals surface area contributed by atoms with Gasteiger partial charge in [-0.05, 0) is 38.1 Å². The lowest BCUT2D eigenvalue weighted by molar-refractivity contribution is -0.149. The Morgan fingerprint density at radius 2 is 1.96 bits per heavy atom. The number of para-hydroxylation sites is 1. The van der Waals surface area contributed by atoms with Crippen LogP contribution < -0.4 is 4.74 Å². The molecule has 5 rings (SSSR count). The number of piperidine rings is 1. The molecule has 1 aromatic carbocycles. The van der Waals surface area contributed by atoms with E-state index in [1.54, 1.807) is 0 Å². The fourth-order valence-corrected chi connectivity index (χ4v) is 4.74. The summed E-state index contributed by atoms with van der Waals surface area (Å²) in [6.45, 7) is 7.51. The van der Waals surface area contributed by atoms with Crippen LogP contribution in [-0.4, -0.2) is 41.0 Å². The van der Waals surface area contributed by atoms with Crippen molar-refractivity contribution in [2.45, 2.75) is 51.3 Å². The van der Waals surface area contributed by atoms with Crippen LogP contribution in [0, 0.1) is 6.92 Å². The topological polar surface area (TPSA) is 41.2 Å². The minimum atomic E-state index is -0.341. The number of nitrogens with zero attached hydrogens (tertiary/aromatic N) is 3. The Bertz CT molecular complexity index is 864. The Kier molecular flexibility index (Phi) is 4.01. The molecule has 2 aromatic rings. The highest BCUT2D eigenvalue weighted by Crippen LogP contribution is 2.49. The van der Waals surface area contributed by atoms with E-state index in [1.807, 2.05) is 19.1 Å². The first-order chi connectivity index (χ1) is 13.2. The lowest BCUT2D eigenvalue weighted by Crippen LogP contribution is -2.59. The predicted molar refractivity (Wildman–Crippen MR) is 105 cm³/mol. The summed E-state index contributed by atoms with van der Waals surface area (Å²) in [4.78, 5) is 2.54. The molecular weight excluding hydrogens is 338 g/mol. The fraction of sp³-hybridized carbons (Fsp3) is 0.500. The maximum Gasteiger partial charge on any atom is 0.200 e. The second kappa shape index (κ2) is 6.41. The molecule has 1 unspecified atom stereocenters. The molecule has 0 aliphatic carbocycles. The van der Waals surface area contributed by atoms with Gasteiger partial charge in [0.05, 0.1) is 6.04 Å². The Hall–Kier alpha value is -2.27. The van der Waals surface area contributed by atoms with Gasteiger partial charge in [0.1, 0.15) is 23.0 Å². The number of fused-ring (bicyclic) bond motifs is 4. The van der Waals surface area contributed by atoms with E-state index in [0.717, 1.165) is 61.9 Å². The van der Waals surface area contributed by atoms with Crippen LogP contribution in [0.5, 0.6) is 5.75 Å². The summed E-state index contributed by atoms with van der Waals surface area (Å²) in [5.74, 6) is 2.84. The van der Waals surface area contributed by atoms with Crippen molar-refractivity contribution in [1.82, 2.24) is 9.91 Å². The van der Waals surface area contributed by atoms with Crippen LogP contribution >= 0.6 is 0 Å². The van der Waals surface area contributed by atoms with E-state index in [1.165, 1.54) is 12.0 Å². The minimum absolute atomic E-state index is 0.230. The van der Waals surface area contributed by atoms with Gasteiger partial charge in [0.2, 0.25) is 5.72 Å². The largest absolute Gasteiger partial charge is 0.466 e. The van der Waals surface area contributed by atoms with Crippen molar-refractivity contribution in [3.05, 3.63) is 53.5 Å². The third-order valence-corrected chi connectivity index (χ3v) is 6.11. The fourth-order valence-electron chi connectivity index (χ4n) is 4.74. The van der Waals surface area contributed by atoms with E-state index in [-0.39, 0.29) is 11.8 Å². The summed E-state index contributed by atoms with van der Waals surface area (Å²) in [6, 6.07) is 12.7. The van der Waals surface area contributed by atoms with Gasteiger partial charge in [0.25, 0.3) is 0 Å². The second-order valence-electron chi connectivity index (χ2n) is 7.95. The Balaban J connectivity index is 1.51. The van der Waals surface area contributed by atoms with Crippen molar-refractivity contribution in [3.63, 3.8) is 0 Å². The summed E-state index contributed by atoms with van der Waals surface area (Å²) in [5, 5.41) is 7.31. The molecule has 142 valence electrons. The maximum atomic E-state index is 6.65. The van der Waals surface area contributed by atoms with Gasteiger partial charge in [-0.2, -0.15) is 5.10 Å². The smallest absolute Gasteiger partial charge is 0.200 e. The first-order valence-electron chi connectivity index (χ1n) is 10.1. The third kappa shape index (κ3) is 2.76. The van der Waals surface area contributed by atoms with Gasteiger partial charge >= 0.3 is 0 Å². The lowest BCUT2D eigenvalue weighted by Gasteiger charge is -2.51. The minimum Gasteiger partial charge on any atom is -0.466 e. The Morgan fingerprint density at radius 1 is 1.15 bits per heavy atom. The van der Waals surface area contributed by atoms with Crippen LogP contribution in [-0.2, 0) is 0 Å². The molecular formula is C22H27N3O2. The van der Waals surface area contributed by atoms with Gasteiger partial charge in [-0.15, -0.1) is 0 Å². The molecule has 1 atom stereocenters. The number of hydrazone groups is 1. The molecule has 27 heavy (non-hydrogen) atoms. The summed E-state index contributed by atoms with van der Waals surface area (Å²) in [7, 11) is 0. The van der Waals surface area contributed by atoms with E-state index in [4.69, 9.17) is 14.3 Å². The second-order valence-corrected chi connectivity index (χ2v) is 7.95. The number of hydrogen-bond donors (Lipinski definition) is 0. The molecule has 1 aromatic heterocycles. The number of ether oxygens (including phenoxy) is 1. The first-order valence-corrected chi connectivity index (χ1v) is 10.1. The zero-order valence-corrected chi connectivity index (χ0v) is 16.1. The van der Waals surface area contributed by atoms with Crippen LogP contribution in [0.1, 0.15) is 55.7 Å². The highest BCUT2D eigenvalue weighted by atomic mass is 16.5. The lowest BCUT2D eigenvalue weighted by atomic mass is 9.91. The highest BCUT2D eigenvalue weighted by Gasteiger charge is 2.51. The average Bonchev–Trinajstić information content (AvgIpc) is 3.31. The van der Waals surface area contributed by atoms with E-state index in [9.17, 15) is 0 Å². The number of furan rings is 1. The van der Waals surface area contributed by atoms with Crippen LogP contribution in [0.2, 0.25) is 0 Å². The molecule has 0 bridgehead atoms. The van der Waals surface area contributed by atoms with Gasteiger partial charge in [0.15, 0.2) is 0 Å². The first kappa shape index (κ1) is 16.9. The standard InChI is InChI=1S/C22H27N3O2/c1-3-12-24-13-10-22(11-14-24)25-19(17-6-4-5-7-20(17)27-22)15-18(23-25)21-9-8-16(2)26-21/h4-9,19H,3,10-15H2,1-2H3. The number of hydrogen-bond acceptors (Lipinski definition) is 5. The van der Waals surface area contributed by atoms with E-state index >= 15 is 0 Å². The molecule has 0 amide bonds. The van der Waals surface area contributed by atoms with Crippen molar-refractivity contribution in [3.8, 4) is 5.75 Å². The average molecular weight is 365 g/mol. The zero-order valence-electron chi connectivity index (χ0n) is 16.1. The van der Waals surface area contributed by atoms with Crippen molar-refractivity contribution >= 4 is 5.71 Å². The SMILES string of the molecule is CCCN1CCC2(CC1)Oc1ccccc1C1CC(c3ccc(C)o3)=NN12. The molecule has 3 aliphatic rings. The summed E-state index contributed by atoms with van der Waals surface area (Å²) < 4.78 is 12.5. The van der Waals surface area contributed by atoms with Gasteiger partial charge in [-0.1, -0.05) is 25.1 Å². The van der Waals surface area contributed by atoms with Crippen LogP contribution in [0.15, 0.2) is 45.9 Å². The summed E-state index contributed by atoms with van der Waals surface area (Å²) >= 11 is 0. The van der Waals surface area contributed by atoms with Crippen molar-refractivity contribution < 1.29 is 9.15 Å². The number of rotatable bonds is 3. The van der Waals surface area contributed by atoms with E-state index in [0.29, 0.717) is 0 Å². The van der Waals surface area contributed by atoms with Crippen LogP contribution in [0.25, 0.3) is 0 Å². The molecule has 5 heteroatoms. The van der Waals surface area contributed by atoms with Crippen molar-refractivity contribution in [1.29, 1.82) is 0 Å². The monoisotopic (exact) mass is 365 g/mol. The van der Waals surface area contributed by atoms with Gasteiger partial charge < -0.3 is 14.1 Å². The van der Waals surface area contributed by atoms with Crippen molar-refractivity contribution in [2.75, 3.05) is 19.6 Å². The quantitative estimate of drug-likeness (QED) is 0.812. The van der Waals surface area contributed by atoms with Crippen LogP contribution in [0.4, 0.5) is 0 Å². The Labute approximate surface area is 160 Å². The van der Waals surface area contributed by atoms with Crippen LogP contribution in [0.3, 0.4) is 0 Å². The highest BCUT2D eigenvalue weighted by molar-refractivity contribution is 5.99. The normalized spacial score (nSPS) is 23.7. The number of benzene rings is 1.